The summed E-state index contributed by atoms with van der Waals surface area (Å²) in [7, 11) is 0. The zero-order chi connectivity index (χ0) is 13.9. The molecule has 3 aromatic rings. The van der Waals surface area contributed by atoms with Crippen LogP contribution in [0.5, 0.6) is 5.75 Å². The molecule has 0 fully saturated rings. The minimum absolute atomic E-state index is 0.168. The van der Waals surface area contributed by atoms with Crippen molar-refractivity contribution in [2.75, 3.05) is 0 Å². The molecule has 0 atom stereocenters. The van der Waals surface area contributed by atoms with Crippen molar-refractivity contribution in [2.45, 2.75) is 0 Å². The lowest BCUT2D eigenvalue weighted by Crippen LogP contribution is -1.93. The lowest BCUT2D eigenvalue weighted by molar-refractivity contribution is 0.477. The summed E-state index contributed by atoms with van der Waals surface area (Å²) in [5.74, 6) is 0.706. The third kappa shape index (κ3) is 2.49. The van der Waals surface area contributed by atoms with E-state index >= 15 is 0 Å². The number of rotatable bonds is 2. The number of hydrogen-bond donors (Lipinski definition) is 1. The average Bonchev–Trinajstić information content (AvgIpc) is 2.48. The highest BCUT2D eigenvalue weighted by molar-refractivity contribution is 6.29. The molecule has 3 rings (SSSR count). The van der Waals surface area contributed by atoms with Crippen molar-refractivity contribution in [1.29, 1.82) is 0 Å². The van der Waals surface area contributed by atoms with Gasteiger partial charge in [0.05, 0.1) is 5.69 Å². The molecular weight excluding hydrogens is 272 g/mol. The number of aromatic hydroxyl groups is 1. The molecule has 0 spiro atoms. The first-order valence-corrected chi connectivity index (χ1v) is 6.50. The van der Waals surface area contributed by atoms with Gasteiger partial charge in [0.15, 0.2) is 5.82 Å². The highest BCUT2D eigenvalue weighted by Crippen LogP contribution is 2.30. The molecule has 0 bridgehead atoms. The molecule has 98 valence electrons. The van der Waals surface area contributed by atoms with Crippen molar-refractivity contribution in [1.82, 2.24) is 9.97 Å². The first kappa shape index (κ1) is 12.6. The summed E-state index contributed by atoms with van der Waals surface area (Å²) >= 11 is 6.07. The van der Waals surface area contributed by atoms with Crippen molar-refractivity contribution in [3.8, 4) is 28.4 Å². The maximum absolute atomic E-state index is 9.91. The molecule has 1 aromatic heterocycles. The summed E-state index contributed by atoms with van der Waals surface area (Å²) in [6, 6.07) is 18.3. The molecule has 1 heterocycles. The van der Waals surface area contributed by atoms with Gasteiger partial charge in [0.1, 0.15) is 10.9 Å². The second kappa shape index (κ2) is 5.31. The van der Waals surface area contributed by atoms with Gasteiger partial charge < -0.3 is 5.11 Å². The van der Waals surface area contributed by atoms with E-state index in [1.54, 1.807) is 24.3 Å². The van der Waals surface area contributed by atoms with E-state index in [1.165, 1.54) is 0 Å². The van der Waals surface area contributed by atoms with Crippen LogP contribution in [0.25, 0.3) is 22.6 Å². The van der Waals surface area contributed by atoms with Crippen LogP contribution in [0.15, 0.2) is 60.7 Å². The lowest BCUT2D eigenvalue weighted by atomic mass is 10.1. The van der Waals surface area contributed by atoms with E-state index in [2.05, 4.69) is 9.97 Å². The molecule has 0 aliphatic rings. The molecule has 0 aliphatic carbocycles. The van der Waals surface area contributed by atoms with Gasteiger partial charge in [0.25, 0.3) is 0 Å². The normalized spacial score (nSPS) is 10.4. The number of nitrogens with zero attached hydrogens (tertiary/aromatic N) is 2. The van der Waals surface area contributed by atoms with Crippen LogP contribution in [0.1, 0.15) is 0 Å². The number of aromatic nitrogens is 2. The van der Waals surface area contributed by atoms with Crippen LogP contribution in [0, 0.1) is 0 Å². The monoisotopic (exact) mass is 282 g/mol. The third-order valence-corrected chi connectivity index (χ3v) is 3.10. The molecule has 0 radical (unpaired) electrons. The summed E-state index contributed by atoms with van der Waals surface area (Å²) in [4.78, 5) is 8.71. The second-order valence-electron chi connectivity index (χ2n) is 4.28. The topological polar surface area (TPSA) is 46.0 Å². The van der Waals surface area contributed by atoms with Gasteiger partial charge in [-0.3, -0.25) is 0 Å². The van der Waals surface area contributed by atoms with Gasteiger partial charge in [-0.05, 0) is 12.1 Å². The zero-order valence-electron chi connectivity index (χ0n) is 10.5. The molecule has 20 heavy (non-hydrogen) atoms. The van der Waals surface area contributed by atoms with Crippen LogP contribution in [-0.2, 0) is 0 Å². The van der Waals surface area contributed by atoms with Crippen LogP contribution in [0.4, 0.5) is 0 Å². The fourth-order valence-electron chi connectivity index (χ4n) is 1.96. The Hall–Kier alpha value is -2.39. The van der Waals surface area contributed by atoms with Crippen LogP contribution in [-0.4, -0.2) is 15.1 Å². The second-order valence-corrected chi connectivity index (χ2v) is 4.67. The number of benzene rings is 2. The van der Waals surface area contributed by atoms with E-state index in [0.29, 0.717) is 22.2 Å². The molecule has 1 N–H and O–H groups in total. The summed E-state index contributed by atoms with van der Waals surface area (Å²) < 4.78 is 0. The molecule has 0 aliphatic heterocycles. The van der Waals surface area contributed by atoms with E-state index in [-0.39, 0.29) is 5.75 Å². The Bertz CT molecular complexity index is 744. The summed E-state index contributed by atoms with van der Waals surface area (Å²) in [5, 5.41) is 10.3. The van der Waals surface area contributed by atoms with Crippen molar-refractivity contribution in [3.63, 3.8) is 0 Å². The van der Waals surface area contributed by atoms with Gasteiger partial charge >= 0.3 is 0 Å². The Morgan fingerprint density at radius 1 is 0.850 bits per heavy atom. The van der Waals surface area contributed by atoms with Gasteiger partial charge in [-0.1, -0.05) is 54.1 Å². The van der Waals surface area contributed by atoms with Gasteiger partial charge in [-0.15, -0.1) is 0 Å². The Kier molecular flexibility index (Phi) is 3.35. The van der Waals surface area contributed by atoms with E-state index in [4.69, 9.17) is 11.6 Å². The Labute approximate surface area is 121 Å². The van der Waals surface area contributed by atoms with E-state index in [1.807, 2.05) is 36.4 Å². The molecule has 0 saturated carbocycles. The van der Waals surface area contributed by atoms with E-state index in [9.17, 15) is 5.11 Å². The number of halogens is 1. The van der Waals surface area contributed by atoms with Gasteiger partial charge in [-0.25, -0.2) is 9.97 Å². The van der Waals surface area contributed by atoms with Crippen molar-refractivity contribution in [3.05, 3.63) is 65.8 Å². The molecule has 0 amide bonds. The number of phenols is 1. The smallest absolute Gasteiger partial charge is 0.161 e. The molecular formula is C16H11ClN2O. The predicted molar refractivity (Wildman–Crippen MR) is 79.6 cm³/mol. The maximum atomic E-state index is 9.91. The molecule has 0 unspecified atom stereocenters. The van der Waals surface area contributed by atoms with Crippen molar-refractivity contribution >= 4 is 11.6 Å². The number of para-hydroxylation sites is 1. The highest BCUT2D eigenvalue weighted by atomic mass is 35.5. The maximum Gasteiger partial charge on any atom is 0.161 e. The first-order valence-electron chi connectivity index (χ1n) is 6.12. The van der Waals surface area contributed by atoms with E-state index in [0.717, 1.165) is 5.56 Å². The van der Waals surface area contributed by atoms with Crippen LogP contribution in [0.3, 0.4) is 0 Å². The molecule has 0 saturated heterocycles. The van der Waals surface area contributed by atoms with Gasteiger partial charge in [0.2, 0.25) is 0 Å². The summed E-state index contributed by atoms with van der Waals surface area (Å²) in [5.41, 5.74) is 2.11. The largest absolute Gasteiger partial charge is 0.507 e. The Balaban J connectivity index is 2.15. The van der Waals surface area contributed by atoms with Crippen LogP contribution >= 0.6 is 11.6 Å². The minimum atomic E-state index is 0.168. The fourth-order valence-corrected chi connectivity index (χ4v) is 2.15. The van der Waals surface area contributed by atoms with Gasteiger partial charge in [0, 0.05) is 17.2 Å². The number of hydrogen-bond acceptors (Lipinski definition) is 3. The SMILES string of the molecule is Oc1ccccc1-c1cc(Cl)nc(-c2ccccc2)n1. The Morgan fingerprint density at radius 2 is 1.55 bits per heavy atom. The standard InChI is InChI=1S/C16H11ClN2O/c17-15-10-13(12-8-4-5-9-14(12)20)18-16(19-15)11-6-2-1-3-7-11/h1-10,20H. The average molecular weight is 283 g/mol. The zero-order valence-corrected chi connectivity index (χ0v) is 11.2. The van der Waals surface area contributed by atoms with Crippen molar-refractivity contribution < 1.29 is 5.11 Å². The summed E-state index contributed by atoms with van der Waals surface area (Å²) in [6.07, 6.45) is 0. The van der Waals surface area contributed by atoms with Gasteiger partial charge in [-0.2, -0.15) is 0 Å². The quantitative estimate of drug-likeness (QED) is 0.718. The fraction of sp³-hybridized carbons (Fsp3) is 0. The van der Waals surface area contributed by atoms with Crippen LogP contribution < -0.4 is 0 Å². The third-order valence-electron chi connectivity index (χ3n) is 2.91. The van der Waals surface area contributed by atoms with Crippen molar-refractivity contribution in [2.24, 2.45) is 0 Å². The minimum Gasteiger partial charge on any atom is -0.507 e. The highest BCUT2D eigenvalue weighted by Gasteiger charge is 2.10. The number of phenolic OH excluding ortho intramolecular Hbond substituents is 1. The molecule has 2 aromatic carbocycles. The Morgan fingerprint density at radius 3 is 2.30 bits per heavy atom. The summed E-state index contributed by atoms with van der Waals surface area (Å²) in [6.45, 7) is 0. The van der Waals surface area contributed by atoms with Crippen LogP contribution in [0.2, 0.25) is 5.15 Å². The predicted octanol–water partition coefficient (Wildman–Crippen LogP) is 4.17. The lowest BCUT2D eigenvalue weighted by Gasteiger charge is -2.07. The first-order chi connectivity index (χ1) is 9.74. The molecule has 4 heteroatoms. The molecule has 3 nitrogen and oxygen atoms in total. The van der Waals surface area contributed by atoms with E-state index < -0.39 is 0 Å².